The van der Waals surface area contributed by atoms with E-state index in [2.05, 4.69) is 19.2 Å². The van der Waals surface area contributed by atoms with Gasteiger partial charge in [-0.1, -0.05) is 26.0 Å². The third-order valence-corrected chi connectivity index (χ3v) is 7.63. The maximum absolute atomic E-state index is 12.8. The molecule has 0 unspecified atom stereocenters. The molecule has 1 aliphatic rings. The number of benzene rings is 1. The number of hydrogen-bond donors (Lipinski definition) is 0. The van der Waals surface area contributed by atoms with Crippen LogP contribution in [0.5, 0.6) is 0 Å². The molecule has 1 aromatic carbocycles. The van der Waals surface area contributed by atoms with E-state index in [4.69, 9.17) is 0 Å². The number of thiophene rings is 1. The lowest BCUT2D eigenvalue weighted by atomic mass is 10.0. The molecule has 7 heteroatoms. The highest BCUT2D eigenvalue weighted by Gasteiger charge is 2.29. The quantitative estimate of drug-likeness (QED) is 0.739. The van der Waals surface area contributed by atoms with Crippen LogP contribution in [-0.4, -0.2) is 49.7 Å². The molecule has 2 heterocycles. The molecule has 0 bridgehead atoms. The molecular weight excluding hydrogens is 380 g/mol. The summed E-state index contributed by atoms with van der Waals surface area (Å²) in [6.07, 6.45) is 1.21. The van der Waals surface area contributed by atoms with Gasteiger partial charge in [0.25, 0.3) is 0 Å². The summed E-state index contributed by atoms with van der Waals surface area (Å²) in [5, 5.41) is 4.07. The molecule has 1 saturated heterocycles. The first kappa shape index (κ1) is 20.0. The van der Waals surface area contributed by atoms with Crippen LogP contribution in [-0.2, 0) is 21.2 Å². The second-order valence-corrected chi connectivity index (χ2v) is 9.86. The maximum Gasteiger partial charge on any atom is 0.243 e. The SMILES string of the molecule is CC(C)c1ccc(S(=O)(=O)N2CCN(C(=O)CCc3ccsc3)CC2)cc1. The van der Waals surface area contributed by atoms with E-state index >= 15 is 0 Å². The summed E-state index contributed by atoms with van der Waals surface area (Å²) < 4.78 is 27.2. The van der Waals surface area contributed by atoms with Crippen LogP contribution in [0.1, 0.15) is 37.3 Å². The number of carbonyl (C=O) groups excluding carboxylic acids is 1. The molecule has 1 aliphatic heterocycles. The van der Waals surface area contributed by atoms with Crippen molar-refractivity contribution in [2.24, 2.45) is 0 Å². The number of sulfonamides is 1. The van der Waals surface area contributed by atoms with Crippen LogP contribution in [0.25, 0.3) is 0 Å². The minimum absolute atomic E-state index is 0.0968. The van der Waals surface area contributed by atoms with Gasteiger partial charge < -0.3 is 4.90 Å². The largest absolute Gasteiger partial charge is 0.340 e. The van der Waals surface area contributed by atoms with Gasteiger partial charge >= 0.3 is 0 Å². The standard InChI is InChI=1S/C20H26N2O3S2/c1-16(2)18-4-6-19(7-5-18)27(24,25)22-12-10-21(11-13-22)20(23)8-3-17-9-14-26-15-17/h4-7,9,14-16H,3,8,10-13H2,1-2H3. The molecular formula is C20H26N2O3S2. The summed E-state index contributed by atoms with van der Waals surface area (Å²) in [7, 11) is -3.50. The van der Waals surface area contributed by atoms with Crippen molar-refractivity contribution in [3.05, 3.63) is 52.2 Å². The van der Waals surface area contributed by atoms with Crippen molar-refractivity contribution >= 4 is 27.3 Å². The number of piperazine rings is 1. The van der Waals surface area contributed by atoms with Gasteiger partial charge in [-0.25, -0.2) is 8.42 Å². The average molecular weight is 407 g/mol. The van der Waals surface area contributed by atoms with Crippen LogP contribution in [0.2, 0.25) is 0 Å². The van der Waals surface area contributed by atoms with E-state index in [0.29, 0.717) is 43.4 Å². The van der Waals surface area contributed by atoms with Crippen LogP contribution in [0.3, 0.4) is 0 Å². The number of aryl methyl sites for hydroxylation is 1. The zero-order valence-electron chi connectivity index (χ0n) is 15.8. The predicted molar refractivity (Wildman–Crippen MR) is 109 cm³/mol. The van der Waals surface area contributed by atoms with Gasteiger partial charge in [-0.3, -0.25) is 4.79 Å². The third kappa shape index (κ3) is 4.78. The Morgan fingerprint density at radius 3 is 2.30 bits per heavy atom. The first-order chi connectivity index (χ1) is 12.9. The van der Waals surface area contributed by atoms with E-state index in [1.54, 1.807) is 28.4 Å². The molecule has 3 rings (SSSR count). The highest BCUT2D eigenvalue weighted by molar-refractivity contribution is 7.89. The Balaban J connectivity index is 1.56. The molecule has 0 saturated carbocycles. The van der Waals surface area contributed by atoms with Gasteiger partial charge in [-0.05, 0) is 52.4 Å². The predicted octanol–water partition coefficient (Wildman–Crippen LogP) is 3.34. The maximum atomic E-state index is 12.8. The first-order valence-corrected chi connectivity index (χ1v) is 11.6. The number of carbonyl (C=O) groups is 1. The molecule has 5 nitrogen and oxygen atoms in total. The fourth-order valence-electron chi connectivity index (χ4n) is 3.20. The molecule has 2 aromatic rings. The lowest BCUT2D eigenvalue weighted by Crippen LogP contribution is -2.50. The highest BCUT2D eigenvalue weighted by Crippen LogP contribution is 2.21. The average Bonchev–Trinajstić information content (AvgIpc) is 3.20. The molecule has 0 radical (unpaired) electrons. The van der Waals surface area contributed by atoms with Gasteiger partial charge in [0.2, 0.25) is 15.9 Å². The van der Waals surface area contributed by atoms with Crippen LogP contribution in [0.4, 0.5) is 0 Å². The first-order valence-electron chi connectivity index (χ1n) is 9.27. The van der Waals surface area contributed by atoms with Crippen molar-refractivity contribution in [1.29, 1.82) is 0 Å². The molecule has 0 aliphatic carbocycles. The number of rotatable bonds is 6. The Morgan fingerprint density at radius 2 is 1.74 bits per heavy atom. The number of amides is 1. The van der Waals surface area contributed by atoms with E-state index in [9.17, 15) is 13.2 Å². The van der Waals surface area contributed by atoms with Crippen LogP contribution < -0.4 is 0 Å². The van der Waals surface area contributed by atoms with Gasteiger partial charge in [-0.15, -0.1) is 0 Å². The van der Waals surface area contributed by atoms with E-state index in [0.717, 1.165) is 12.0 Å². The summed E-state index contributed by atoms with van der Waals surface area (Å²) in [6.45, 7) is 5.75. The van der Waals surface area contributed by atoms with Crippen molar-refractivity contribution in [2.75, 3.05) is 26.2 Å². The summed E-state index contributed by atoms with van der Waals surface area (Å²) in [4.78, 5) is 14.5. The van der Waals surface area contributed by atoms with Gasteiger partial charge in [0.15, 0.2) is 0 Å². The Hall–Kier alpha value is -1.70. The fraction of sp³-hybridized carbons (Fsp3) is 0.450. The van der Waals surface area contributed by atoms with Gasteiger partial charge in [0.05, 0.1) is 4.90 Å². The summed E-state index contributed by atoms with van der Waals surface area (Å²) >= 11 is 1.63. The smallest absolute Gasteiger partial charge is 0.243 e. The van der Waals surface area contributed by atoms with Crippen LogP contribution in [0, 0.1) is 0 Å². The summed E-state index contributed by atoms with van der Waals surface area (Å²) in [6, 6.07) is 9.16. The zero-order valence-corrected chi connectivity index (χ0v) is 17.4. The molecule has 1 fully saturated rings. The molecule has 0 atom stereocenters. The minimum Gasteiger partial charge on any atom is -0.340 e. The number of hydrogen-bond acceptors (Lipinski definition) is 4. The van der Waals surface area contributed by atoms with E-state index in [1.165, 1.54) is 9.87 Å². The van der Waals surface area contributed by atoms with Crippen LogP contribution in [0.15, 0.2) is 46.0 Å². The second kappa shape index (κ2) is 8.54. The monoisotopic (exact) mass is 406 g/mol. The van der Waals surface area contributed by atoms with E-state index in [-0.39, 0.29) is 5.91 Å². The Morgan fingerprint density at radius 1 is 1.07 bits per heavy atom. The highest BCUT2D eigenvalue weighted by atomic mass is 32.2. The second-order valence-electron chi connectivity index (χ2n) is 7.14. The van der Waals surface area contributed by atoms with Crippen LogP contribution >= 0.6 is 11.3 Å². The van der Waals surface area contributed by atoms with E-state index in [1.807, 2.05) is 23.6 Å². The summed E-state index contributed by atoms with van der Waals surface area (Å²) in [5.41, 5.74) is 2.30. The lowest BCUT2D eigenvalue weighted by Gasteiger charge is -2.34. The Bertz CT molecular complexity index is 851. The molecule has 1 amide bonds. The molecule has 0 spiro atoms. The zero-order chi connectivity index (χ0) is 19.4. The van der Waals surface area contributed by atoms with Crippen molar-refractivity contribution in [3.8, 4) is 0 Å². The van der Waals surface area contributed by atoms with Crippen molar-refractivity contribution in [2.45, 2.75) is 37.5 Å². The molecule has 1 aromatic heterocycles. The number of nitrogens with zero attached hydrogens (tertiary/aromatic N) is 2. The lowest BCUT2D eigenvalue weighted by molar-refractivity contribution is -0.132. The normalized spacial score (nSPS) is 16.0. The van der Waals surface area contributed by atoms with Crippen molar-refractivity contribution in [3.63, 3.8) is 0 Å². The molecule has 27 heavy (non-hydrogen) atoms. The summed E-state index contributed by atoms with van der Waals surface area (Å²) in [5.74, 6) is 0.463. The Kier molecular flexibility index (Phi) is 6.34. The third-order valence-electron chi connectivity index (χ3n) is 4.98. The molecule has 146 valence electrons. The van der Waals surface area contributed by atoms with Gasteiger partial charge in [0.1, 0.15) is 0 Å². The van der Waals surface area contributed by atoms with Gasteiger partial charge in [-0.2, -0.15) is 15.6 Å². The van der Waals surface area contributed by atoms with Gasteiger partial charge in [0, 0.05) is 32.6 Å². The fourth-order valence-corrected chi connectivity index (χ4v) is 5.32. The topological polar surface area (TPSA) is 57.7 Å². The Labute approximate surface area is 165 Å². The minimum atomic E-state index is -3.50. The van der Waals surface area contributed by atoms with Crippen molar-refractivity contribution < 1.29 is 13.2 Å². The van der Waals surface area contributed by atoms with E-state index < -0.39 is 10.0 Å². The molecule has 0 N–H and O–H groups in total. The van der Waals surface area contributed by atoms with Crippen molar-refractivity contribution in [1.82, 2.24) is 9.21 Å².